The second-order valence-electron chi connectivity index (χ2n) is 6.00. The molecule has 1 amide bonds. The number of amides is 1. The summed E-state index contributed by atoms with van der Waals surface area (Å²) >= 11 is 0. The number of carbonyl (C=O) groups is 1. The number of nitrogens with zero attached hydrogens (tertiary/aromatic N) is 1. The SMILES string of the molecule is CCCN(CC1CC1)C(C)C(=O)Nc1ccc(CN)cc1. The molecule has 0 aliphatic heterocycles. The molecule has 0 spiro atoms. The molecule has 1 saturated carbocycles. The third kappa shape index (κ3) is 4.83. The molecule has 1 fully saturated rings. The summed E-state index contributed by atoms with van der Waals surface area (Å²) in [5, 5.41) is 3.00. The van der Waals surface area contributed by atoms with Gasteiger partial charge in [0.2, 0.25) is 5.91 Å². The number of anilines is 1. The minimum absolute atomic E-state index is 0.0737. The third-order valence-corrected chi connectivity index (χ3v) is 4.08. The van der Waals surface area contributed by atoms with E-state index in [0.29, 0.717) is 6.54 Å². The molecule has 1 atom stereocenters. The molecule has 1 unspecified atom stereocenters. The van der Waals surface area contributed by atoms with Gasteiger partial charge < -0.3 is 11.1 Å². The monoisotopic (exact) mass is 289 g/mol. The highest BCUT2D eigenvalue weighted by atomic mass is 16.2. The molecule has 1 aliphatic carbocycles. The van der Waals surface area contributed by atoms with Crippen molar-refractivity contribution in [1.82, 2.24) is 4.90 Å². The summed E-state index contributed by atoms with van der Waals surface area (Å²) in [6.07, 6.45) is 3.71. The van der Waals surface area contributed by atoms with Gasteiger partial charge in [-0.1, -0.05) is 19.1 Å². The number of hydrogen-bond donors (Lipinski definition) is 2. The summed E-state index contributed by atoms with van der Waals surface area (Å²) in [5.41, 5.74) is 7.49. The van der Waals surface area contributed by atoms with Gasteiger partial charge in [-0.15, -0.1) is 0 Å². The number of rotatable bonds is 8. The number of nitrogens with one attached hydrogen (secondary N) is 1. The minimum atomic E-state index is -0.0836. The Balaban J connectivity index is 1.92. The van der Waals surface area contributed by atoms with Gasteiger partial charge in [0.25, 0.3) is 0 Å². The summed E-state index contributed by atoms with van der Waals surface area (Å²) in [4.78, 5) is 14.7. The molecule has 0 bridgehead atoms. The third-order valence-electron chi connectivity index (χ3n) is 4.08. The van der Waals surface area contributed by atoms with E-state index in [1.807, 2.05) is 31.2 Å². The zero-order chi connectivity index (χ0) is 15.2. The van der Waals surface area contributed by atoms with Gasteiger partial charge in [0.15, 0.2) is 0 Å². The Labute approximate surface area is 127 Å². The second-order valence-corrected chi connectivity index (χ2v) is 6.00. The average Bonchev–Trinajstić information content (AvgIpc) is 3.31. The molecule has 4 nitrogen and oxygen atoms in total. The van der Waals surface area contributed by atoms with Crippen LogP contribution in [0.1, 0.15) is 38.7 Å². The maximum Gasteiger partial charge on any atom is 0.241 e. The Morgan fingerprint density at radius 3 is 2.57 bits per heavy atom. The van der Waals surface area contributed by atoms with Crippen LogP contribution in [-0.2, 0) is 11.3 Å². The lowest BCUT2D eigenvalue weighted by atomic mass is 10.2. The zero-order valence-electron chi connectivity index (χ0n) is 13.1. The molecule has 4 heteroatoms. The summed E-state index contributed by atoms with van der Waals surface area (Å²) < 4.78 is 0. The van der Waals surface area contributed by atoms with E-state index in [9.17, 15) is 4.79 Å². The van der Waals surface area contributed by atoms with Gasteiger partial charge in [-0.25, -0.2) is 0 Å². The van der Waals surface area contributed by atoms with Crippen LogP contribution in [0.5, 0.6) is 0 Å². The zero-order valence-corrected chi connectivity index (χ0v) is 13.1. The van der Waals surface area contributed by atoms with Crippen molar-refractivity contribution in [2.24, 2.45) is 11.7 Å². The molecule has 2 rings (SSSR count). The molecule has 1 aliphatic rings. The molecule has 116 valence electrons. The Kier molecular flexibility index (Phi) is 5.76. The summed E-state index contributed by atoms with van der Waals surface area (Å²) in [6.45, 7) is 6.72. The van der Waals surface area contributed by atoms with Crippen LogP contribution < -0.4 is 11.1 Å². The summed E-state index contributed by atoms with van der Waals surface area (Å²) in [6, 6.07) is 7.65. The van der Waals surface area contributed by atoms with E-state index in [2.05, 4.69) is 17.1 Å². The van der Waals surface area contributed by atoms with E-state index in [0.717, 1.165) is 36.7 Å². The number of hydrogen-bond acceptors (Lipinski definition) is 3. The fourth-order valence-electron chi connectivity index (χ4n) is 2.50. The van der Waals surface area contributed by atoms with E-state index < -0.39 is 0 Å². The average molecular weight is 289 g/mol. The Morgan fingerprint density at radius 2 is 2.05 bits per heavy atom. The smallest absolute Gasteiger partial charge is 0.241 e. The van der Waals surface area contributed by atoms with Crippen LogP contribution in [0.4, 0.5) is 5.69 Å². The lowest BCUT2D eigenvalue weighted by Crippen LogP contribution is -2.43. The van der Waals surface area contributed by atoms with Crippen molar-refractivity contribution in [2.45, 2.75) is 45.7 Å². The van der Waals surface area contributed by atoms with E-state index in [-0.39, 0.29) is 11.9 Å². The van der Waals surface area contributed by atoms with E-state index in [4.69, 9.17) is 5.73 Å². The summed E-state index contributed by atoms with van der Waals surface area (Å²) in [7, 11) is 0. The van der Waals surface area contributed by atoms with Crippen LogP contribution in [0.3, 0.4) is 0 Å². The first kappa shape index (κ1) is 16.0. The van der Waals surface area contributed by atoms with Crippen molar-refractivity contribution in [1.29, 1.82) is 0 Å². The minimum Gasteiger partial charge on any atom is -0.326 e. The molecule has 0 heterocycles. The maximum atomic E-state index is 12.4. The van der Waals surface area contributed by atoms with Gasteiger partial charge >= 0.3 is 0 Å². The first-order chi connectivity index (χ1) is 10.1. The Hall–Kier alpha value is -1.39. The predicted octanol–water partition coefficient (Wildman–Crippen LogP) is 2.59. The van der Waals surface area contributed by atoms with Crippen LogP contribution in [-0.4, -0.2) is 29.9 Å². The fourth-order valence-corrected chi connectivity index (χ4v) is 2.50. The number of benzene rings is 1. The highest BCUT2D eigenvalue weighted by molar-refractivity contribution is 5.94. The molecule has 0 aromatic heterocycles. The van der Waals surface area contributed by atoms with Crippen molar-refractivity contribution < 1.29 is 4.79 Å². The van der Waals surface area contributed by atoms with E-state index in [1.165, 1.54) is 12.8 Å². The Bertz CT molecular complexity index is 454. The van der Waals surface area contributed by atoms with Gasteiger partial charge in [0.1, 0.15) is 0 Å². The van der Waals surface area contributed by atoms with Gasteiger partial charge in [0, 0.05) is 18.8 Å². The predicted molar refractivity (Wildman–Crippen MR) is 87.0 cm³/mol. The van der Waals surface area contributed by atoms with Crippen molar-refractivity contribution in [2.75, 3.05) is 18.4 Å². The molecule has 3 N–H and O–H groups in total. The lowest BCUT2D eigenvalue weighted by molar-refractivity contribution is -0.120. The van der Waals surface area contributed by atoms with Crippen LogP contribution >= 0.6 is 0 Å². The highest BCUT2D eigenvalue weighted by Gasteiger charge is 2.28. The van der Waals surface area contributed by atoms with Gasteiger partial charge in [-0.2, -0.15) is 0 Å². The lowest BCUT2D eigenvalue weighted by Gasteiger charge is -2.27. The first-order valence-corrected chi connectivity index (χ1v) is 7.98. The standard InChI is InChI=1S/C17H27N3O/c1-3-10-20(12-15-4-5-15)13(2)17(21)19-16-8-6-14(11-18)7-9-16/h6-9,13,15H,3-5,10-12,18H2,1-2H3,(H,19,21). The molecule has 0 saturated heterocycles. The molecule has 21 heavy (non-hydrogen) atoms. The highest BCUT2D eigenvalue weighted by Crippen LogP contribution is 2.30. The fraction of sp³-hybridized carbons (Fsp3) is 0.588. The number of carbonyl (C=O) groups excluding carboxylic acids is 1. The molecule has 0 radical (unpaired) electrons. The summed E-state index contributed by atoms with van der Waals surface area (Å²) in [5.74, 6) is 0.875. The quantitative estimate of drug-likeness (QED) is 0.773. The van der Waals surface area contributed by atoms with Crippen LogP contribution in [0.2, 0.25) is 0 Å². The normalized spacial score (nSPS) is 16.0. The van der Waals surface area contributed by atoms with Crippen LogP contribution in [0, 0.1) is 5.92 Å². The second kappa shape index (κ2) is 7.57. The van der Waals surface area contributed by atoms with Crippen LogP contribution in [0.25, 0.3) is 0 Å². The molecular formula is C17H27N3O. The van der Waals surface area contributed by atoms with E-state index >= 15 is 0 Å². The molecular weight excluding hydrogens is 262 g/mol. The van der Waals surface area contributed by atoms with E-state index in [1.54, 1.807) is 0 Å². The van der Waals surface area contributed by atoms with Gasteiger partial charge in [-0.3, -0.25) is 9.69 Å². The van der Waals surface area contributed by atoms with Gasteiger partial charge in [0.05, 0.1) is 6.04 Å². The first-order valence-electron chi connectivity index (χ1n) is 7.98. The van der Waals surface area contributed by atoms with Crippen LogP contribution in [0.15, 0.2) is 24.3 Å². The molecule has 1 aromatic carbocycles. The molecule has 1 aromatic rings. The van der Waals surface area contributed by atoms with Crippen molar-refractivity contribution in [3.63, 3.8) is 0 Å². The number of nitrogens with two attached hydrogens (primary N) is 1. The maximum absolute atomic E-state index is 12.4. The van der Waals surface area contributed by atoms with Gasteiger partial charge in [-0.05, 0) is 56.3 Å². The largest absolute Gasteiger partial charge is 0.326 e. The van der Waals surface area contributed by atoms with Crippen molar-refractivity contribution >= 4 is 11.6 Å². The topological polar surface area (TPSA) is 58.4 Å². The Morgan fingerprint density at radius 1 is 1.38 bits per heavy atom. The van der Waals surface area contributed by atoms with Crippen molar-refractivity contribution in [3.05, 3.63) is 29.8 Å². The van der Waals surface area contributed by atoms with Crippen molar-refractivity contribution in [3.8, 4) is 0 Å².